The quantitative estimate of drug-likeness (QED) is 0.597. The summed E-state index contributed by atoms with van der Waals surface area (Å²) in [6.45, 7) is 1.23. The van der Waals surface area contributed by atoms with Crippen LogP contribution in [0.25, 0.3) is 0 Å². The molecule has 0 atom stereocenters. The molecular formula is C20H21F6N7O2. The Morgan fingerprint density at radius 1 is 1.03 bits per heavy atom. The number of H-pyrrole nitrogens is 1. The van der Waals surface area contributed by atoms with Crippen LogP contribution in [-0.2, 0) is 23.7 Å². The zero-order chi connectivity index (χ0) is 25.4. The van der Waals surface area contributed by atoms with Crippen LogP contribution in [0.4, 0.5) is 32.3 Å². The summed E-state index contributed by atoms with van der Waals surface area (Å²) in [5.74, 6) is -0.187. The number of hydrogen-bond acceptors (Lipinski definition) is 7. The van der Waals surface area contributed by atoms with E-state index in [4.69, 9.17) is 0 Å². The van der Waals surface area contributed by atoms with Gasteiger partial charge in [0.1, 0.15) is 0 Å². The monoisotopic (exact) mass is 505 g/mol. The van der Waals surface area contributed by atoms with Crippen molar-refractivity contribution in [3.8, 4) is 0 Å². The van der Waals surface area contributed by atoms with Gasteiger partial charge < -0.3 is 15.1 Å². The lowest BCUT2D eigenvalue weighted by atomic mass is 9.79. The molecule has 0 unspecified atom stereocenters. The van der Waals surface area contributed by atoms with Crippen molar-refractivity contribution in [2.45, 2.75) is 37.8 Å². The minimum atomic E-state index is -4.70. The molecule has 0 aromatic carbocycles. The largest absolute Gasteiger partial charge is 0.419 e. The van der Waals surface area contributed by atoms with E-state index in [2.05, 4.69) is 20.4 Å². The Morgan fingerprint density at radius 3 is 2.23 bits per heavy atom. The van der Waals surface area contributed by atoms with Crippen molar-refractivity contribution in [2.24, 2.45) is 5.92 Å². The van der Waals surface area contributed by atoms with E-state index in [0.29, 0.717) is 45.1 Å². The first-order valence-electron chi connectivity index (χ1n) is 10.7. The number of anilines is 1. The second-order valence-electron chi connectivity index (χ2n) is 8.42. The Hall–Kier alpha value is -3.23. The number of nitrogens with zero attached hydrogens (tertiary/aromatic N) is 5. The normalized spacial score (nSPS) is 21.1. The number of halogens is 6. The molecule has 35 heavy (non-hydrogen) atoms. The van der Waals surface area contributed by atoms with Crippen LogP contribution >= 0.6 is 0 Å². The minimum Gasteiger partial charge on any atom is -0.339 e. The van der Waals surface area contributed by atoms with Crippen LogP contribution in [0.15, 0.2) is 23.3 Å². The zero-order valence-corrected chi connectivity index (χ0v) is 18.2. The fraction of sp³-hybridized carbons (Fsp3) is 0.550. The van der Waals surface area contributed by atoms with Crippen molar-refractivity contribution in [2.75, 3.05) is 31.1 Å². The minimum absolute atomic E-state index is 0.0748. The third-order valence-corrected chi connectivity index (χ3v) is 6.08. The molecule has 1 aliphatic heterocycles. The first kappa shape index (κ1) is 24.9. The molecule has 0 radical (unpaired) electrons. The van der Waals surface area contributed by atoms with Crippen molar-refractivity contribution in [1.29, 1.82) is 0 Å². The summed E-state index contributed by atoms with van der Waals surface area (Å²) in [5.41, 5.74) is -3.31. The van der Waals surface area contributed by atoms with Crippen LogP contribution in [0.5, 0.6) is 0 Å². The maximum absolute atomic E-state index is 13.1. The molecule has 2 N–H and O–H groups in total. The predicted molar refractivity (Wildman–Crippen MR) is 109 cm³/mol. The van der Waals surface area contributed by atoms with E-state index in [9.17, 15) is 35.9 Å². The molecule has 3 heterocycles. The maximum Gasteiger partial charge on any atom is 0.419 e. The summed E-state index contributed by atoms with van der Waals surface area (Å²) in [6.07, 6.45) is -6.87. The second-order valence-corrected chi connectivity index (χ2v) is 8.42. The molecule has 2 aromatic heterocycles. The highest BCUT2D eigenvalue weighted by Gasteiger charge is 2.39. The fourth-order valence-corrected chi connectivity index (χ4v) is 4.05. The number of aromatic amines is 1. The number of nitrogens with one attached hydrogen (secondary N) is 2. The molecule has 2 fully saturated rings. The highest BCUT2D eigenvalue weighted by molar-refractivity contribution is 5.80. The number of rotatable bonds is 5. The SMILES string of the molecule is O=C(C1CC(NCc2n[nH]c(=O)cc2C(F)(F)F)C1)N1CCN(c2ncc(C(F)(F)F)cn2)CC1. The molecule has 2 aliphatic rings. The van der Waals surface area contributed by atoms with Gasteiger partial charge in [0, 0.05) is 63.1 Å². The summed E-state index contributed by atoms with van der Waals surface area (Å²) in [6, 6.07) is 0.299. The topological polar surface area (TPSA) is 107 Å². The van der Waals surface area contributed by atoms with E-state index in [0.717, 1.165) is 12.4 Å². The molecule has 2 aromatic rings. The van der Waals surface area contributed by atoms with E-state index in [-0.39, 0.29) is 36.1 Å². The number of piperazine rings is 1. The van der Waals surface area contributed by atoms with E-state index < -0.39 is 29.0 Å². The van der Waals surface area contributed by atoms with Crippen LogP contribution < -0.4 is 15.8 Å². The molecule has 15 heteroatoms. The molecular weight excluding hydrogens is 484 g/mol. The smallest absolute Gasteiger partial charge is 0.339 e. The Balaban J connectivity index is 1.23. The third-order valence-electron chi connectivity index (χ3n) is 6.08. The molecule has 1 aliphatic carbocycles. The Bertz CT molecular complexity index is 1100. The molecule has 190 valence electrons. The van der Waals surface area contributed by atoms with Gasteiger partial charge in [0.25, 0.3) is 5.56 Å². The van der Waals surface area contributed by atoms with Gasteiger partial charge in [0.2, 0.25) is 11.9 Å². The molecule has 4 rings (SSSR count). The summed E-state index contributed by atoms with van der Waals surface area (Å²) < 4.78 is 77.3. The van der Waals surface area contributed by atoms with Crippen molar-refractivity contribution < 1.29 is 31.1 Å². The molecule has 1 saturated carbocycles. The molecule has 1 amide bonds. The average molecular weight is 505 g/mol. The lowest BCUT2D eigenvalue weighted by molar-refractivity contribution is -0.139. The maximum atomic E-state index is 13.1. The number of carbonyl (C=O) groups excluding carboxylic acids is 1. The van der Waals surface area contributed by atoms with E-state index in [1.165, 1.54) is 0 Å². The van der Waals surface area contributed by atoms with Gasteiger partial charge >= 0.3 is 12.4 Å². The van der Waals surface area contributed by atoms with Crippen LogP contribution in [0.3, 0.4) is 0 Å². The average Bonchev–Trinajstić information content (AvgIpc) is 2.77. The van der Waals surface area contributed by atoms with Crippen LogP contribution in [-0.4, -0.2) is 63.2 Å². The second kappa shape index (κ2) is 9.43. The van der Waals surface area contributed by atoms with Gasteiger partial charge in [0.05, 0.1) is 16.8 Å². The van der Waals surface area contributed by atoms with Gasteiger partial charge in [-0.1, -0.05) is 0 Å². The van der Waals surface area contributed by atoms with Crippen molar-refractivity contribution in [1.82, 2.24) is 30.4 Å². The third kappa shape index (κ3) is 5.71. The number of alkyl halides is 6. The van der Waals surface area contributed by atoms with Gasteiger partial charge in [-0.3, -0.25) is 9.59 Å². The highest BCUT2D eigenvalue weighted by Crippen LogP contribution is 2.33. The van der Waals surface area contributed by atoms with Gasteiger partial charge in [-0.15, -0.1) is 0 Å². The lowest BCUT2D eigenvalue weighted by Crippen LogP contribution is -2.54. The molecule has 0 bridgehead atoms. The fourth-order valence-electron chi connectivity index (χ4n) is 4.05. The Kier molecular flexibility index (Phi) is 6.71. The van der Waals surface area contributed by atoms with Crippen molar-refractivity contribution >= 4 is 11.9 Å². The van der Waals surface area contributed by atoms with E-state index in [1.54, 1.807) is 9.80 Å². The Labute approximate surface area is 194 Å². The number of hydrogen-bond donors (Lipinski definition) is 2. The first-order valence-corrected chi connectivity index (χ1v) is 10.7. The molecule has 9 nitrogen and oxygen atoms in total. The highest BCUT2D eigenvalue weighted by atomic mass is 19.4. The lowest BCUT2D eigenvalue weighted by Gasteiger charge is -2.41. The molecule has 1 saturated heterocycles. The summed E-state index contributed by atoms with van der Waals surface area (Å²) in [4.78, 5) is 34.8. The van der Waals surface area contributed by atoms with Gasteiger partial charge in [-0.25, -0.2) is 15.1 Å². The zero-order valence-electron chi connectivity index (χ0n) is 18.2. The van der Waals surface area contributed by atoms with Gasteiger partial charge in [0.15, 0.2) is 0 Å². The summed E-state index contributed by atoms with van der Waals surface area (Å²) >= 11 is 0. The van der Waals surface area contributed by atoms with Crippen LogP contribution in [0.2, 0.25) is 0 Å². The van der Waals surface area contributed by atoms with Crippen LogP contribution in [0, 0.1) is 5.92 Å². The standard InChI is InChI=1S/C20H21F6N7O2/c21-19(22,23)12-8-28-18(29-9-12)33-3-1-32(2-4-33)17(35)11-5-13(6-11)27-10-15-14(20(24,25)26)7-16(34)31-30-15/h7-9,11,13,27H,1-6,10H2,(H,31,34). The van der Waals surface area contributed by atoms with Crippen LogP contribution in [0.1, 0.15) is 29.7 Å². The van der Waals surface area contributed by atoms with Gasteiger partial charge in [-0.2, -0.15) is 31.4 Å². The summed E-state index contributed by atoms with van der Waals surface area (Å²) in [5, 5.41) is 8.42. The first-order chi connectivity index (χ1) is 16.4. The number of aromatic nitrogens is 4. The number of carbonyl (C=O) groups is 1. The van der Waals surface area contributed by atoms with Gasteiger partial charge in [-0.05, 0) is 12.8 Å². The molecule has 0 spiro atoms. The van der Waals surface area contributed by atoms with Crippen molar-refractivity contribution in [3.63, 3.8) is 0 Å². The van der Waals surface area contributed by atoms with Crippen molar-refractivity contribution in [3.05, 3.63) is 45.6 Å². The summed E-state index contributed by atoms with van der Waals surface area (Å²) in [7, 11) is 0. The van der Waals surface area contributed by atoms with E-state index in [1.807, 2.05) is 5.10 Å². The van der Waals surface area contributed by atoms with E-state index >= 15 is 0 Å². The number of amides is 1. The Morgan fingerprint density at radius 2 is 1.66 bits per heavy atom. The predicted octanol–water partition coefficient (Wildman–Crippen LogP) is 1.81.